The molecule has 0 aromatic heterocycles. The predicted molar refractivity (Wildman–Crippen MR) is 119 cm³/mol. The highest BCUT2D eigenvalue weighted by molar-refractivity contribution is 5.94. The maximum Gasteiger partial charge on any atom is 0.446 e. The first kappa shape index (κ1) is 23.7. The molecule has 5 rings (SSSR count). The first-order valence-electron chi connectivity index (χ1n) is 11.8. The largest absolute Gasteiger partial charge is 0.446 e. The Kier molecular flexibility index (Phi) is 6.73. The zero-order valence-electron chi connectivity index (χ0n) is 18.8. The molecule has 6 heteroatoms. The summed E-state index contributed by atoms with van der Waals surface area (Å²) >= 11 is 0. The number of Topliss-reactive ketones (excluding diaryl/α,β-unsaturated/α-hetero) is 1. The molecule has 4 aliphatic rings. The average Bonchev–Trinajstić information content (AvgIpc) is 3.27. The van der Waals surface area contributed by atoms with Gasteiger partial charge in [0.15, 0.2) is 11.6 Å². The first-order valence-corrected chi connectivity index (χ1v) is 11.8. The van der Waals surface area contributed by atoms with Crippen LogP contribution in [-0.4, -0.2) is 24.0 Å². The van der Waals surface area contributed by atoms with Gasteiger partial charge in [0.25, 0.3) is 0 Å². The van der Waals surface area contributed by atoms with Crippen molar-refractivity contribution >= 4 is 17.9 Å². The molecule has 0 spiro atoms. The molecule has 2 fully saturated rings. The number of benzene rings is 1. The molecule has 0 radical (unpaired) electrons. The summed E-state index contributed by atoms with van der Waals surface area (Å²) in [5.41, 5.74) is 6.70. The van der Waals surface area contributed by atoms with E-state index in [1.165, 1.54) is 48.8 Å². The van der Waals surface area contributed by atoms with Gasteiger partial charge in [0.2, 0.25) is 6.29 Å². The van der Waals surface area contributed by atoms with Crippen molar-refractivity contribution < 1.29 is 27.6 Å². The van der Waals surface area contributed by atoms with E-state index >= 15 is 0 Å². The Morgan fingerprint density at radius 3 is 2.36 bits per heavy atom. The number of alkyl halides is 3. The lowest BCUT2D eigenvalue weighted by Crippen LogP contribution is -2.35. The summed E-state index contributed by atoms with van der Waals surface area (Å²) in [5.74, 6) is 3.35. The molecule has 1 aromatic carbocycles. The van der Waals surface area contributed by atoms with Crippen molar-refractivity contribution in [2.45, 2.75) is 70.4 Å². The maximum absolute atomic E-state index is 12.0. The van der Waals surface area contributed by atoms with Crippen LogP contribution < -0.4 is 0 Å². The molecule has 2 saturated carbocycles. The van der Waals surface area contributed by atoms with Crippen LogP contribution in [0.4, 0.5) is 13.2 Å². The minimum Gasteiger partial charge on any atom is -0.295 e. The highest BCUT2D eigenvalue weighted by Crippen LogP contribution is 2.58. The Morgan fingerprint density at radius 1 is 1.03 bits per heavy atom. The Balaban J connectivity index is 0.000000385. The van der Waals surface area contributed by atoms with Crippen molar-refractivity contribution in [2.24, 2.45) is 17.8 Å². The van der Waals surface area contributed by atoms with Crippen LogP contribution in [0.2, 0.25) is 0 Å². The first-order chi connectivity index (χ1) is 15.7. The summed E-state index contributed by atoms with van der Waals surface area (Å²) in [5, 5.41) is 0. The quantitative estimate of drug-likeness (QED) is 0.374. The fourth-order valence-corrected chi connectivity index (χ4v) is 6.50. The number of aldehydes is 1. The molecule has 0 saturated heterocycles. The van der Waals surface area contributed by atoms with Gasteiger partial charge in [-0.2, -0.15) is 13.2 Å². The highest BCUT2D eigenvalue weighted by atomic mass is 19.4. The van der Waals surface area contributed by atoms with Gasteiger partial charge < -0.3 is 0 Å². The predicted octanol–water partition coefficient (Wildman–Crippen LogP) is 6.54. The summed E-state index contributed by atoms with van der Waals surface area (Å²) in [4.78, 5) is 32.4. The van der Waals surface area contributed by atoms with E-state index in [0.717, 1.165) is 30.2 Å². The monoisotopic (exact) mass is 458 g/mol. The lowest BCUT2D eigenvalue weighted by atomic mass is 9.58. The number of carbonyl (C=O) groups excluding carboxylic acids is 3. The van der Waals surface area contributed by atoms with Crippen molar-refractivity contribution in [1.82, 2.24) is 0 Å². The summed E-state index contributed by atoms with van der Waals surface area (Å²) in [7, 11) is 0. The van der Waals surface area contributed by atoms with E-state index in [9.17, 15) is 22.8 Å². The summed E-state index contributed by atoms with van der Waals surface area (Å²) in [6.07, 6.45) is 5.58. The van der Waals surface area contributed by atoms with Gasteiger partial charge in [0, 0.05) is 17.9 Å². The maximum atomic E-state index is 12.0. The number of allylic oxidation sites excluding steroid dienone is 4. The second-order valence-electron chi connectivity index (χ2n) is 9.70. The van der Waals surface area contributed by atoms with Crippen LogP contribution in [0, 0.1) is 17.8 Å². The number of fused-ring (bicyclic) bond motifs is 4. The SMILES string of the molecule is CC(=O)c1ccc([C@H]2CC3CCCC3C3CCC4=CC(=O)CCC4=C32)cc1.O=CC(F)(F)F. The second kappa shape index (κ2) is 9.40. The molecule has 4 atom stereocenters. The Labute approximate surface area is 192 Å². The molecule has 3 unspecified atom stereocenters. The Bertz CT molecular complexity index is 1000. The van der Waals surface area contributed by atoms with Gasteiger partial charge in [-0.25, -0.2) is 0 Å². The second-order valence-corrected chi connectivity index (χ2v) is 9.70. The molecular formula is C27H29F3O3. The number of carbonyl (C=O) groups is 3. The van der Waals surface area contributed by atoms with Gasteiger partial charge in [0.05, 0.1) is 0 Å². The molecular weight excluding hydrogens is 429 g/mol. The van der Waals surface area contributed by atoms with Crippen molar-refractivity contribution in [3.05, 3.63) is 58.2 Å². The van der Waals surface area contributed by atoms with Crippen LogP contribution >= 0.6 is 0 Å². The molecule has 33 heavy (non-hydrogen) atoms. The van der Waals surface area contributed by atoms with Crippen molar-refractivity contribution in [2.75, 3.05) is 0 Å². The summed E-state index contributed by atoms with van der Waals surface area (Å²) in [6.45, 7) is 1.64. The van der Waals surface area contributed by atoms with Gasteiger partial charge in [-0.15, -0.1) is 0 Å². The number of hydrogen-bond donors (Lipinski definition) is 0. The van der Waals surface area contributed by atoms with Crippen LogP contribution in [0.5, 0.6) is 0 Å². The molecule has 4 aliphatic carbocycles. The number of rotatable bonds is 2. The Morgan fingerprint density at radius 2 is 1.73 bits per heavy atom. The van der Waals surface area contributed by atoms with Crippen LogP contribution in [-0.2, 0) is 9.59 Å². The molecule has 1 aromatic rings. The summed E-state index contributed by atoms with van der Waals surface area (Å²) in [6, 6.07) is 8.38. The van der Waals surface area contributed by atoms with E-state index in [-0.39, 0.29) is 5.78 Å². The van der Waals surface area contributed by atoms with Gasteiger partial charge in [0.1, 0.15) is 0 Å². The third kappa shape index (κ3) is 5.04. The zero-order valence-corrected chi connectivity index (χ0v) is 18.8. The molecule has 0 N–H and O–H groups in total. The standard InChI is InChI=1S/C25H28O2.C2HF3O/c1-15(26)16-5-7-17(8-6-16)24-14-18-3-2-4-21(18)23-11-9-19-13-20(27)10-12-22(19)25(23)24;3-2(4,5)1-6/h5-8,13,18,21,23-24H,2-4,9-12,14H2,1H3;1H/t18?,21?,23?,24-;/m1./s1. The van der Waals surface area contributed by atoms with E-state index in [4.69, 9.17) is 4.79 Å². The van der Waals surface area contributed by atoms with E-state index in [1.54, 1.807) is 12.5 Å². The van der Waals surface area contributed by atoms with Crippen LogP contribution in [0.1, 0.15) is 80.1 Å². The fraction of sp³-hybridized carbons (Fsp3) is 0.519. The van der Waals surface area contributed by atoms with Crippen molar-refractivity contribution in [3.63, 3.8) is 0 Å². The smallest absolute Gasteiger partial charge is 0.295 e. The minimum atomic E-state index is -4.64. The van der Waals surface area contributed by atoms with E-state index in [1.807, 2.05) is 18.2 Å². The van der Waals surface area contributed by atoms with Gasteiger partial charge >= 0.3 is 6.18 Å². The topological polar surface area (TPSA) is 51.2 Å². The fourth-order valence-electron chi connectivity index (χ4n) is 6.50. The van der Waals surface area contributed by atoms with Crippen LogP contribution in [0.15, 0.2) is 47.1 Å². The van der Waals surface area contributed by atoms with E-state index in [2.05, 4.69) is 12.1 Å². The molecule has 0 bridgehead atoms. The number of halogens is 3. The lowest BCUT2D eigenvalue weighted by molar-refractivity contribution is -0.156. The summed E-state index contributed by atoms with van der Waals surface area (Å²) < 4.78 is 31.2. The average molecular weight is 459 g/mol. The zero-order chi connectivity index (χ0) is 23.8. The van der Waals surface area contributed by atoms with Crippen molar-refractivity contribution in [3.8, 4) is 0 Å². The lowest BCUT2D eigenvalue weighted by Gasteiger charge is -2.46. The Hall–Kier alpha value is -2.50. The molecule has 3 nitrogen and oxygen atoms in total. The van der Waals surface area contributed by atoms with Gasteiger partial charge in [-0.1, -0.05) is 42.7 Å². The third-order valence-corrected chi connectivity index (χ3v) is 7.82. The van der Waals surface area contributed by atoms with E-state index in [0.29, 0.717) is 24.0 Å². The normalized spacial score (nSPS) is 28.6. The minimum absolute atomic E-state index is 0.134. The molecule has 0 amide bonds. The third-order valence-electron chi connectivity index (χ3n) is 7.82. The van der Waals surface area contributed by atoms with Crippen LogP contribution in [0.3, 0.4) is 0 Å². The van der Waals surface area contributed by atoms with Gasteiger partial charge in [-0.05, 0) is 79.6 Å². The molecule has 176 valence electrons. The highest BCUT2D eigenvalue weighted by Gasteiger charge is 2.46. The number of hydrogen-bond acceptors (Lipinski definition) is 3. The van der Waals surface area contributed by atoms with Gasteiger partial charge in [-0.3, -0.25) is 14.4 Å². The van der Waals surface area contributed by atoms with Crippen molar-refractivity contribution in [1.29, 1.82) is 0 Å². The number of ketones is 2. The van der Waals surface area contributed by atoms with Crippen LogP contribution in [0.25, 0.3) is 0 Å². The molecule has 0 aliphatic heterocycles. The molecule has 0 heterocycles. The van der Waals surface area contributed by atoms with E-state index < -0.39 is 12.5 Å².